The molecule has 0 saturated heterocycles. The van der Waals surface area contributed by atoms with Gasteiger partial charge in [0.2, 0.25) is 0 Å². The van der Waals surface area contributed by atoms with Crippen molar-refractivity contribution < 1.29 is 9.18 Å². The second kappa shape index (κ2) is 5.01. The number of nitrogens with one attached hydrogen (secondary N) is 1. The molecule has 0 spiro atoms. The highest BCUT2D eigenvalue weighted by Gasteiger charge is 2.15. The second-order valence-electron chi connectivity index (χ2n) is 3.49. The lowest BCUT2D eigenvalue weighted by molar-refractivity contribution is 0.102. The van der Waals surface area contributed by atoms with Crippen LogP contribution >= 0.6 is 11.6 Å². The summed E-state index contributed by atoms with van der Waals surface area (Å²) in [5.74, 6) is -1.79. The van der Waals surface area contributed by atoms with Gasteiger partial charge in [0.1, 0.15) is 0 Å². The zero-order valence-corrected chi connectivity index (χ0v) is 9.91. The molecule has 1 heterocycles. The van der Waals surface area contributed by atoms with Crippen LogP contribution in [0.4, 0.5) is 15.9 Å². The van der Waals surface area contributed by atoms with Crippen molar-refractivity contribution in [2.24, 2.45) is 0 Å². The molecule has 0 atom stereocenters. The van der Waals surface area contributed by atoms with Crippen LogP contribution in [0.25, 0.3) is 0 Å². The Morgan fingerprint density at radius 2 is 2.06 bits per heavy atom. The van der Waals surface area contributed by atoms with Gasteiger partial charge >= 0.3 is 0 Å². The summed E-state index contributed by atoms with van der Waals surface area (Å²) in [6, 6.07) is 7.91. The van der Waals surface area contributed by atoms with Crippen LogP contribution in [0, 0.1) is 5.82 Å². The van der Waals surface area contributed by atoms with Gasteiger partial charge in [-0.1, -0.05) is 23.7 Å². The first-order valence-corrected chi connectivity index (χ1v) is 5.43. The van der Waals surface area contributed by atoms with E-state index in [-0.39, 0.29) is 11.4 Å². The molecular formula is C12H9ClFN3O. The third kappa shape index (κ3) is 2.41. The highest BCUT2D eigenvalue weighted by molar-refractivity contribution is 6.33. The minimum absolute atomic E-state index is 0.178. The lowest BCUT2D eigenvalue weighted by Crippen LogP contribution is -2.15. The third-order valence-corrected chi connectivity index (χ3v) is 2.61. The van der Waals surface area contributed by atoms with E-state index in [1.165, 1.54) is 12.3 Å². The molecule has 1 amide bonds. The minimum Gasteiger partial charge on any atom is -0.381 e. The van der Waals surface area contributed by atoms with Crippen molar-refractivity contribution in [3.8, 4) is 0 Å². The fourth-order valence-electron chi connectivity index (χ4n) is 1.39. The quantitative estimate of drug-likeness (QED) is 0.877. The molecule has 92 valence electrons. The number of anilines is 2. The van der Waals surface area contributed by atoms with E-state index in [4.69, 9.17) is 17.3 Å². The number of para-hydroxylation sites is 1. The number of pyridine rings is 1. The third-order valence-electron chi connectivity index (χ3n) is 2.28. The molecule has 0 radical (unpaired) electrons. The summed E-state index contributed by atoms with van der Waals surface area (Å²) in [6.07, 6.45) is 1.26. The molecule has 0 aliphatic carbocycles. The Balaban J connectivity index is 2.28. The molecule has 0 fully saturated rings. The van der Waals surface area contributed by atoms with Crippen molar-refractivity contribution in [2.45, 2.75) is 0 Å². The van der Waals surface area contributed by atoms with Gasteiger partial charge in [-0.3, -0.25) is 4.79 Å². The first-order chi connectivity index (χ1) is 8.59. The molecule has 0 unspecified atom stereocenters. The predicted molar refractivity (Wildman–Crippen MR) is 68.0 cm³/mol. The number of rotatable bonds is 2. The van der Waals surface area contributed by atoms with Crippen molar-refractivity contribution in [3.63, 3.8) is 0 Å². The molecule has 3 N–H and O–H groups in total. The largest absolute Gasteiger partial charge is 0.381 e. The summed E-state index contributed by atoms with van der Waals surface area (Å²) in [7, 11) is 0. The summed E-state index contributed by atoms with van der Waals surface area (Å²) in [5.41, 5.74) is 5.51. The van der Waals surface area contributed by atoms with Gasteiger partial charge in [0, 0.05) is 6.20 Å². The number of hydrogen-bond donors (Lipinski definition) is 2. The Bertz CT molecular complexity index is 604. The SMILES string of the molecule is Nc1nccc(C(=O)Nc2ccccc2Cl)c1F. The Morgan fingerprint density at radius 3 is 2.78 bits per heavy atom. The molecule has 0 aliphatic heterocycles. The standard InChI is InChI=1S/C12H9ClFN3O/c13-8-3-1-2-4-9(8)17-12(18)7-5-6-16-11(15)10(7)14/h1-6H,(H2,15,16)(H,17,18). The van der Waals surface area contributed by atoms with E-state index in [0.29, 0.717) is 10.7 Å². The van der Waals surface area contributed by atoms with E-state index in [1.54, 1.807) is 24.3 Å². The predicted octanol–water partition coefficient (Wildman–Crippen LogP) is 2.71. The van der Waals surface area contributed by atoms with E-state index in [1.807, 2.05) is 0 Å². The number of carbonyl (C=O) groups excluding carboxylic acids is 1. The molecule has 1 aromatic carbocycles. The lowest BCUT2D eigenvalue weighted by Gasteiger charge is -2.08. The van der Waals surface area contributed by atoms with Crippen molar-refractivity contribution >= 4 is 29.0 Å². The van der Waals surface area contributed by atoms with Gasteiger partial charge in [-0.25, -0.2) is 9.37 Å². The Hall–Kier alpha value is -2.14. The Kier molecular flexibility index (Phi) is 3.43. The average Bonchev–Trinajstić information content (AvgIpc) is 2.35. The van der Waals surface area contributed by atoms with Gasteiger partial charge in [0.05, 0.1) is 16.3 Å². The van der Waals surface area contributed by atoms with Crippen LogP contribution in [-0.2, 0) is 0 Å². The number of benzene rings is 1. The number of hydrogen-bond acceptors (Lipinski definition) is 3. The molecule has 6 heteroatoms. The first kappa shape index (κ1) is 12.3. The number of nitrogen functional groups attached to an aromatic ring is 1. The lowest BCUT2D eigenvalue weighted by atomic mass is 10.2. The van der Waals surface area contributed by atoms with E-state index in [0.717, 1.165) is 0 Å². The van der Waals surface area contributed by atoms with Crippen LogP contribution in [-0.4, -0.2) is 10.9 Å². The van der Waals surface area contributed by atoms with Gasteiger partial charge in [0.25, 0.3) is 5.91 Å². The van der Waals surface area contributed by atoms with E-state index >= 15 is 0 Å². The summed E-state index contributed by atoms with van der Waals surface area (Å²) < 4.78 is 13.6. The Labute approximate surface area is 108 Å². The van der Waals surface area contributed by atoms with Crippen molar-refractivity contribution in [1.29, 1.82) is 0 Å². The number of carbonyl (C=O) groups is 1. The number of aromatic nitrogens is 1. The molecule has 0 aliphatic rings. The summed E-state index contributed by atoms with van der Waals surface area (Å²) in [5, 5.41) is 2.87. The fraction of sp³-hybridized carbons (Fsp3) is 0. The maximum absolute atomic E-state index is 13.6. The number of halogens is 2. The summed E-state index contributed by atoms with van der Waals surface area (Å²) in [6.45, 7) is 0. The van der Waals surface area contributed by atoms with Crippen LogP contribution in [0.3, 0.4) is 0 Å². The van der Waals surface area contributed by atoms with Crippen LogP contribution in [0.5, 0.6) is 0 Å². The second-order valence-corrected chi connectivity index (χ2v) is 3.90. The number of amides is 1. The molecule has 18 heavy (non-hydrogen) atoms. The Morgan fingerprint density at radius 1 is 1.33 bits per heavy atom. The molecule has 2 rings (SSSR count). The van der Waals surface area contributed by atoms with Crippen molar-refractivity contribution in [2.75, 3.05) is 11.1 Å². The molecule has 1 aromatic heterocycles. The van der Waals surface area contributed by atoms with Crippen LogP contribution in [0.15, 0.2) is 36.5 Å². The molecule has 4 nitrogen and oxygen atoms in total. The van der Waals surface area contributed by atoms with Gasteiger partial charge in [-0.15, -0.1) is 0 Å². The highest BCUT2D eigenvalue weighted by atomic mass is 35.5. The van der Waals surface area contributed by atoms with Crippen molar-refractivity contribution in [1.82, 2.24) is 4.98 Å². The fourth-order valence-corrected chi connectivity index (χ4v) is 1.57. The van der Waals surface area contributed by atoms with Crippen molar-refractivity contribution in [3.05, 3.63) is 52.9 Å². The molecule has 2 aromatic rings. The maximum atomic E-state index is 13.6. The number of nitrogens with zero attached hydrogens (tertiary/aromatic N) is 1. The van der Waals surface area contributed by atoms with E-state index in [2.05, 4.69) is 10.3 Å². The molecule has 0 bridgehead atoms. The zero-order valence-electron chi connectivity index (χ0n) is 9.15. The van der Waals surface area contributed by atoms with Gasteiger partial charge < -0.3 is 11.1 Å². The maximum Gasteiger partial charge on any atom is 0.258 e. The van der Waals surface area contributed by atoms with Crippen LogP contribution in [0.2, 0.25) is 5.02 Å². The average molecular weight is 266 g/mol. The smallest absolute Gasteiger partial charge is 0.258 e. The highest BCUT2D eigenvalue weighted by Crippen LogP contribution is 2.22. The van der Waals surface area contributed by atoms with Gasteiger partial charge in [-0.2, -0.15) is 0 Å². The monoisotopic (exact) mass is 265 g/mol. The number of nitrogens with two attached hydrogens (primary N) is 1. The van der Waals surface area contributed by atoms with E-state index in [9.17, 15) is 9.18 Å². The molecule has 0 saturated carbocycles. The van der Waals surface area contributed by atoms with Crippen LogP contribution in [0.1, 0.15) is 10.4 Å². The normalized spacial score (nSPS) is 10.1. The van der Waals surface area contributed by atoms with Gasteiger partial charge in [-0.05, 0) is 18.2 Å². The minimum atomic E-state index is -0.845. The summed E-state index contributed by atoms with van der Waals surface area (Å²) >= 11 is 5.88. The summed E-state index contributed by atoms with van der Waals surface area (Å²) in [4.78, 5) is 15.4. The van der Waals surface area contributed by atoms with E-state index < -0.39 is 11.7 Å². The first-order valence-electron chi connectivity index (χ1n) is 5.05. The zero-order chi connectivity index (χ0) is 13.1. The van der Waals surface area contributed by atoms with Crippen LogP contribution < -0.4 is 11.1 Å². The molecular weight excluding hydrogens is 257 g/mol. The van der Waals surface area contributed by atoms with Gasteiger partial charge in [0.15, 0.2) is 11.6 Å². The topological polar surface area (TPSA) is 68.0 Å².